The Morgan fingerprint density at radius 3 is 2.08 bits per heavy atom. The van der Waals surface area contributed by atoms with Gasteiger partial charge in [-0.3, -0.25) is 0 Å². The standard InChI is InChI=1S/C21H24N2O/c24-21(23-15-8-2-1-3-9-15)22-14-20-18-12-6-4-10-16(18)17-11-5-7-13-19(17)20/h4-7,10-13,15,20H,1-3,8-9,14H2,(H2,22,23,24). The highest BCUT2D eigenvalue weighted by atomic mass is 16.2. The largest absolute Gasteiger partial charge is 0.337 e. The summed E-state index contributed by atoms with van der Waals surface area (Å²) in [4.78, 5) is 12.3. The topological polar surface area (TPSA) is 41.1 Å². The van der Waals surface area contributed by atoms with Gasteiger partial charge in [0.05, 0.1) is 0 Å². The van der Waals surface area contributed by atoms with Crippen molar-refractivity contribution in [2.75, 3.05) is 6.54 Å². The highest BCUT2D eigenvalue weighted by molar-refractivity contribution is 5.80. The van der Waals surface area contributed by atoms with Crippen molar-refractivity contribution >= 4 is 6.03 Å². The highest BCUT2D eigenvalue weighted by Gasteiger charge is 2.28. The molecule has 2 amide bonds. The van der Waals surface area contributed by atoms with Gasteiger partial charge in [0, 0.05) is 18.5 Å². The molecule has 1 fully saturated rings. The third-order valence-electron chi connectivity index (χ3n) is 5.37. The molecule has 2 N–H and O–H groups in total. The molecule has 0 spiro atoms. The molecule has 1 saturated carbocycles. The van der Waals surface area contributed by atoms with Crippen LogP contribution in [0, 0.1) is 0 Å². The van der Waals surface area contributed by atoms with E-state index < -0.39 is 0 Å². The summed E-state index contributed by atoms with van der Waals surface area (Å²) in [7, 11) is 0. The van der Waals surface area contributed by atoms with Crippen LogP contribution in [0.5, 0.6) is 0 Å². The minimum Gasteiger partial charge on any atom is -0.337 e. The Labute approximate surface area is 143 Å². The molecule has 0 saturated heterocycles. The Morgan fingerprint density at radius 2 is 1.46 bits per heavy atom. The molecule has 2 aromatic carbocycles. The molecule has 2 aromatic rings. The zero-order valence-electron chi connectivity index (χ0n) is 13.9. The van der Waals surface area contributed by atoms with Gasteiger partial charge in [-0.2, -0.15) is 0 Å². The van der Waals surface area contributed by atoms with Crippen molar-refractivity contribution in [1.82, 2.24) is 10.6 Å². The number of urea groups is 1. The van der Waals surface area contributed by atoms with Crippen molar-refractivity contribution in [1.29, 1.82) is 0 Å². The van der Waals surface area contributed by atoms with E-state index in [9.17, 15) is 4.79 Å². The van der Waals surface area contributed by atoms with E-state index in [1.54, 1.807) is 0 Å². The monoisotopic (exact) mass is 320 g/mol. The molecule has 0 radical (unpaired) electrons. The first-order valence-corrected chi connectivity index (χ1v) is 9.05. The third-order valence-corrected chi connectivity index (χ3v) is 5.37. The van der Waals surface area contributed by atoms with Crippen LogP contribution in [0.15, 0.2) is 48.5 Å². The Morgan fingerprint density at radius 1 is 0.875 bits per heavy atom. The first kappa shape index (κ1) is 15.3. The third kappa shape index (κ3) is 2.91. The lowest BCUT2D eigenvalue weighted by molar-refractivity contribution is 0.232. The van der Waals surface area contributed by atoms with Gasteiger partial charge < -0.3 is 10.6 Å². The van der Waals surface area contributed by atoms with Crippen LogP contribution >= 0.6 is 0 Å². The maximum Gasteiger partial charge on any atom is 0.315 e. The minimum atomic E-state index is -0.0243. The second-order valence-electron chi connectivity index (χ2n) is 6.92. The number of hydrogen-bond acceptors (Lipinski definition) is 1. The Hall–Kier alpha value is -2.29. The number of nitrogens with one attached hydrogen (secondary N) is 2. The Balaban J connectivity index is 1.45. The number of fused-ring (bicyclic) bond motifs is 3. The number of amides is 2. The van der Waals surface area contributed by atoms with Gasteiger partial charge in [-0.15, -0.1) is 0 Å². The predicted molar refractivity (Wildman–Crippen MR) is 97.1 cm³/mol. The van der Waals surface area contributed by atoms with Crippen LogP contribution in [0.2, 0.25) is 0 Å². The van der Waals surface area contributed by atoms with Gasteiger partial charge in [0.1, 0.15) is 0 Å². The zero-order chi connectivity index (χ0) is 16.4. The van der Waals surface area contributed by atoms with Crippen LogP contribution in [0.3, 0.4) is 0 Å². The Bertz CT molecular complexity index is 689. The van der Waals surface area contributed by atoms with E-state index >= 15 is 0 Å². The molecule has 3 heteroatoms. The van der Waals surface area contributed by atoms with Crippen molar-refractivity contribution in [3.63, 3.8) is 0 Å². The van der Waals surface area contributed by atoms with Crippen LogP contribution in [-0.4, -0.2) is 18.6 Å². The second kappa shape index (κ2) is 6.68. The summed E-state index contributed by atoms with van der Waals surface area (Å²) >= 11 is 0. The molecule has 0 heterocycles. The van der Waals surface area contributed by atoms with Gasteiger partial charge in [-0.25, -0.2) is 4.79 Å². The molecule has 124 valence electrons. The number of carbonyl (C=O) groups excluding carboxylic acids is 1. The maximum atomic E-state index is 12.3. The SMILES string of the molecule is O=C(NCC1c2ccccc2-c2ccccc21)NC1CCCCC1. The van der Waals surface area contributed by atoms with Gasteiger partial charge in [0.2, 0.25) is 0 Å². The summed E-state index contributed by atoms with van der Waals surface area (Å²) in [5, 5.41) is 6.24. The normalized spacial score (nSPS) is 17.2. The summed E-state index contributed by atoms with van der Waals surface area (Å²) in [5.41, 5.74) is 5.23. The second-order valence-corrected chi connectivity index (χ2v) is 6.92. The van der Waals surface area contributed by atoms with Crippen molar-refractivity contribution in [3.8, 4) is 11.1 Å². The quantitative estimate of drug-likeness (QED) is 0.863. The first-order chi connectivity index (χ1) is 11.8. The average Bonchev–Trinajstić information content (AvgIpc) is 2.95. The molecule has 3 nitrogen and oxygen atoms in total. The van der Waals surface area contributed by atoms with Gasteiger partial charge in [-0.1, -0.05) is 67.8 Å². The molecule has 0 unspecified atom stereocenters. The van der Waals surface area contributed by atoms with E-state index in [1.165, 1.54) is 41.5 Å². The smallest absolute Gasteiger partial charge is 0.315 e. The van der Waals surface area contributed by atoms with Crippen molar-refractivity contribution in [2.45, 2.75) is 44.1 Å². The fraction of sp³-hybridized carbons (Fsp3) is 0.381. The van der Waals surface area contributed by atoms with E-state index in [4.69, 9.17) is 0 Å². The number of rotatable bonds is 3. The molecular weight excluding hydrogens is 296 g/mol. The lowest BCUT2D eigenvalue weighted by Gasteiger charge is -2.23. The van der Waals surface area contributed by atoms with Crippen LogP contribution in [0.25, 0.3) is 11.1 Å². The van der Waals surface area contributed by atoms with E-state index in [0.717, 1.165) is 12.8 Å². The summed E-state index contributed by atoms with van der Waals surface area (Å²) in [6, 6.07) is 17.4. The van der Waals surface area contributed by atoms with Crippen LogP contribution in [-0.2, 0) is 0 Å². The molecule has 24 heavy (non-hydrogen) atoms. The lowest BCUT2D eigenvalue weighted by atomic mass is 9.95. The molecule has 0 bridgehead atoms. The van der Waals surface area contributed by atoms with Crippen molar-refractivity contribution < 1.29 is 4.79 Å². The number of hydrogen-bond donors (Lipinski definition) is 2. The number of benzene rings is 2. The van der Waals surface area contributed by atoms with Gasteiger partial charge in [0.15, 0.2) is 0 Å². The van der Waals surface area contributed by atoms with E-state index in [-0.39, 0.29) is 11.9 Å². The van der Waals surface area contributed by atoms with Gasteiger partial charge >= 0.3 is 6.03 Å². The van der Waals surface area contributed by atoms with E-state index in [1.807, 2.05) is 0 Å². The molecule has 0 aliphatic heterocycles. The summed E-state index contributed by atoms with van der Waals surface area (Å²) in [5.74, 6) is 0.245. The van der Waals surface area contributed by atoms with Crippen molar-refractivity contribution in [3.05, 3.63) is 59.7 Å². The molecule has 4 rings (SSSR count). The first-order valence-electron chi connectivity index (χ1n) is 9.05. The summed E-state index contributed by atoms with van der Waals surface area (Å²) in [6.45, 7) is 0.645. The van der Waals surface area contributed by atoms with Crippen LogP contribution < -0.4 is 10.6 Å². The molecule has 0 aromatic heterocycles. The fourth-order valence-electron chi connectivity index (χ4n) is 4.16. The van der Waals surface area contributed by atoms with Crippen molar-refractivity contribution in [2.24, 2.45) is 0 Å². The zero-order valence-corrected chi connectivity index (χ0v) is 13.9. The average molecular weight is 320 g/mol. The molecule has 0 atom stereocenters. The lowest BCUT2D eigenvalue weighted by Crippen LogP contribution is -2.44. The Kier molecular flexibility index (Phi) is 4.24. The summed E-state index contributed by atoms with van der Waals surface area (Å²) in [6.07, 6.45) is 5.99. The molecular formula is C21H24N2O. The fourth-order valence-corrected chi connectivity index (χ4v) is 4.16. The van der Waals surface area contributed by atoms with Crippen LogP contribution in [0.1, 0.15) is 49.1 Å². The minimum absolute atomic E-state index is 0.0243. The predicted octanol–water partition coefficient (Wildman–Crippen LogP) is 4.43. The molecule has 2 aliphatic rings. The molecule has 2 aliphatic carbocycles. The van der Waals surface area contributed by atoms with Gasteiger partial charge in [0.25, 0.3) is 0 Å². The van der Waals surface area contributed by atoms with E-state index in [2.05, 4.69) is 59.2 Å². The van der Waals surface area contributed by atoms with E-state index in [0.29, 0.717) is 12.6 Å². The maximum absolute atomic E-state index is 12.3. The van der Waals surface area contributed by atoms with Gasteiger partial charge in [-0.05, 0) is 35.1 Å². The summed E-state index contributed by atoms with van der Waals surface area (Å²) < 4.78 is 0. The van der Waals surface area contributed by atoms with Crippen LogP contribution in [0.4, 0.5) is 4.79 Å². The number of carbonyl (C=O) groups is 1. The highest BCUT2D eigenvalue weighted by Crippen LogP contribution is 2.43.